The highest BCUT2D eigenvalue weighted by Crippen LogP contribution is 2.19. The number of carbonyl (C=O) groups excluding carboxylic acids is 1. The van der Waals surface area contributed by atoms with E-state index in [2.05, 4.69) is 4.98 Å². The lowest BCUT2D eigenvalue weighted by atomic mass is 10.1. The molecule has 0 saturated carbocycles. The van der Waals surface area contributed by atoms with Crippen molar-refractivity contribution in [2.24, 2.45) is 11.7 Å². The van der Waals surface area contributed by atoms with E-state index in [0.29, 0.717) is 24.6 Å². The molecule has 0 spiro atoms. The van der Waals surface area contributed by atoms with Gasteiger partial charge in [-0.05, 0) is 55.3 Å². The molecule has 1 aliphatic rings. The molecule has 2 heterocycles. The summed E-state index contributed by atoms with van der Waals surface area (Å²) in [6.45, 7) is 2.61. The number of nitrogens with zero attached hydrogens (tertiary/aromatic N) is 2. The van der Waals surface area contributed by atoms with Crippen molar-refractivity contribution in [1.82, 2.24) is 9.88 Å². The summed E-state index contributed by atoms with van der Waals surface area (Å²) in [5, 5.41) is 0. The maximum Gasteiger partial charge on any atom is 0.253 e. The molecule has 1 amide bonds. The van der Waals surface area contributed by atoms with Gasteiger partial charge in [-0.1, -0.05) is 6.07 Å². The van der Waals surface area contributed by atoms with E-state index in [-0.39, 0.29) is 5.91 Å². The third-order valence-corrected chi connectivity index (χ3v) is 4.12. The van der Waals surface area contributed by atoms with Crippen LogP contribution in [-0.2, 0) is 6.61 Å². The third-order valence-electron chi connectivity index (χ3n) is 4.12. The summed E-state index contributed by atoms with van der Waals surface area (Å²) in [6, 6.07) is 13.0. The number of rotatable bonds is 5. The molecular weight excluding hydrogens is 290 g/mol. The van der Waals surface area contributed by atoms with Gasteiger partial charge in [0.15, 0.2) is 0 Å². The van der Waals surface area contributed by atoms with Crippen LogP contribution in [0.15, 0.2) is 48.7 Å². The van der Waals surface area contributed by atoms with E-state index in [9.17, 15) is 4.79 Å². The van der Waals surface area contributed by atoms with Crippen molar-refractivity contribution in [3.05, 3.63) is 59.9 Å². The van der Waals surface area contributed by atoms with E-state index in [0.717, 1.165) is 31.0 Å². The van der Waals surface area contributed by atoms with Crippen LogP contribution in [0.1, 0.15) is 22.5 Å². The number of likely N-dealkylation sites (tertiary alicyclic amines) is 1. The minimum Gasteiger partial charge on any atom is -0.487 e. The Kier molecular flexibility index (Phi) is 4.88. The molecule has 2 aromatic rings. The Morgan fingerprint density at radius 1 is 1.26 bits per heavy atom. The summed E-state index contributed by atoms with van der Waals surface area (Å²) in [5.74, 6) is 1.23. The van der Waals surface area contributed by atoms with Crippen LogP contribution in [-0.4, -0.2) is 35.4 Å². The molecule has 1 saturated heterocycles. The van der Waals surface area contributed by atoms with Gasteiger partial charge in [0.05, 0.1) is 5.69 Å². The SMILES string of the molecule is NC[C@@H]1CCN(C(=O)c2ccc(OCc3ccccn3)cc2)C1. The Morgan fingerprint density at radius 3 is 2.74 bits per heavy atom. The van der Waals surface area contributed by atoms with Gasteiger partial charge in [0.25, 0.3) is 5.91 Å². The highest BCUT2D eigenvalue weighted by Gasteiger charge is 2.25. The van der Waals surface area contributed by atoms with E-state index in [4.69, 9.17) is 10.5 Å². The van der Waals surface area contributed by atoms with Crippen molar-refractivity contribution < 1.29 is 9.53 Å². The molecule has 1 fully saturated rings. The Hall–Kier alpha value is -2.40. The van der Waals surface area contributed by atoms with E-state index < -0.39 is 0 Å². The second-order valence-electron chi connectivity index (χ2n) is 5.78. The predicted molar refractivity (Wildman–Crippen MR) is 88.1 cm³/mol. The lowest BCUT2D eigenvalue weighted by Gasteiger charge is -2.16. The first kappa shape index (κ1) is 15.5. The van der Waals surface area contributed by atoms with E-state index in [1.807, 2.05) is 47.4 Å². The Labute approximate surface area is 136 Å². The summed E-state index contributed by atoms with van der Waals surface area (Å²) in [4.78, 5) is 18.5. The van der Waals surface area contributed by atoms with Gasteiger partial charge in [0.1, 0.15) is 12.4 Å². The maximum absolute atomic E-state index is 12.4. The van der Waals surface area contributed by atoms with E-state index in [1.54, 1.807) is 6.20 Å². The molecule has 5 heteroatoms. The van der Waals surface area contributed by atoms with Crippen LogP contribution < -0.4 is 10.5 Å². The molecule has 1 atom stereocenters. The Morgan fingerprint density at radius 2 is 2.09 bits per heavy atom. The first-order valence-corrected chi connectivity index (χ1v) is 7.88. The quantitative estimate of drug-likeness (QED) is 0.918. The molecule has 0 aliphatic carbocycles. The van der Waals surface area contributed by atoms with Crippen LogP contribution in [0, 0.1) is 5.92 Å². The Balaban J connectivity index is 1.57. The number of ether oxygens (including phenoxy) is 1. The molecule has 1 aliphatic heterocycles. The van der Waals surface area contributed by atoms with Crippen molar-refractivity contribution in [1.29, 1.82) is 0 Å². The van der Waals surface area contributed by atoms with Crippen LogP contribution in [0.3, 0.4) is 0 Å². The number of aromatic nitrogens is 1. The van der Waals surface area contributed by atoms with Crippen molar-refractivity contribution in [3.63, 3.8) is 0 Å². The van der Waals surface area contributed by atoms with Gasteiger partial charge >= 0.3 is 0 Å². The molecule has 2 N–H and O–H groups in total. The first-order valence-electron chi connectivity index (χ1n) is 7.88. The number of hydrogen-bond acceptors (Lipinski definition) is 4. The second-order valence-corrected chi connectivity index (χ2v) is 5.78. The highest BCUT2D eigenvalue weighted by molar-refractivity contribution is 5.94. The summed E-state index contributed by atoms with van der Waals surface area (Å²) in [6.07, 6.45) is 2.73. The zero-order valence-corrected chi connectivity index (χ0v) is 13.0. The molecule has 0 unspecified atom stereocenters. The van der Waals surface area contributed by atoms with Gasteiger partial charge in [0.2, 0.25) is 0 Å². The maximum atomic E-state index is 12.4. The summed E-state index contributed by atoms with van der Waals surface area (Å²) >= 11 is 0. The molecule has 1 aromatic carbocycles. The summed E-state index contributed by atoms with van der Waals surface area (Å²) in [5.41, 5.74) is 7.24. The molecule has 0 bridgehead atoms. The molecule has 5 nitrogen and oxygen atoms in total. The molecular formula is C18H21N3O2. The van der Waals surface area contributed by atoms with Crippen molar-refractivity contribution in [2.45, 2.75) is 13.0 Å². The van der Waals surface area contributed by atoms with Gasteiger partial charge < -0.3 is 15.4 Å². The standard InChI is InChI=1S/C18H21N3O2/c19-11-14-8-10-21(12-14)18(22)15-4-6-17(7-5-15)23-13-16-3-1-2-9-20-16/h1-7,9,14H,8,10-13,19H2/t14-/m0/s1. The smallest absolute Gasteiger partial charge is 0.253 e. The number of hydrogen-bond donors (Lipinski definition) is 1. The van der Waals surface area contributed by atoms with Gasteiger partial charge in [-0.2, -0.15) is 0 Å². The third kappa shape index (κ3) is 3.87. The normalized spacial score (nSPS) is 17.3. The zero-order chi connectivity index (χ0) is 16.1. The van der Waals surface area contributed by atoms with Gasteiger partial charge in [-0.25, -0.2) is 0 Å². The van der Waals surface area contributed by atoms with Crippen LogP contribution in [0.5, 0.6) is 5.75 Å². The van der Waals surface area contributed by atoms with Crippen LogP contribution in [0.2, 0.25) is 0 Å². The van der Waals surface area contributed by atoms with Crippen molar-refractivity contribution >= 4 is 5.91 Å². The van der Waals surface area contributed by atoms with Crippen molar-refractivity contribution in [2.75, 3.05) is 19.6 Å². The van der Waals surface area contributed by atoms with Crippen molar-refractivity contribution in [3.8, 4) is 5.75 Å². The fourth-order valence-corrected chi connectivity index (χ4v) is 2.73. The molecule has 0 radical (unpaired) electrons. The summed E-state index contributed by atoms with van der Waals surface area (Å²) in [7, 11) is 0. The zero-order valence-electron chi connectivity index (χ0n) is 13.0. The number of amides is 1. The summed E-state index contributed by atoms with van der Waals surface area (Å²) < 4.78 is 5.68. The van der Waals surface area contributed by atoms with Gasteiger partial charge in [-0.3, -0.25) is 9.78 Å². The molecule has 3 rings (SSSR count). The number of pyridine rings is 1. The minimum absolute atomic E-state index is 0.0669. The fraction of sp³-hybridized carbons (Fsp3) is 0.333. The predicted octanol–water partition coefficient (Wildman–Crippen LogP) is 2.08. The first-order chi connectivity index (χ1) is 11.3. The monoisotopic (exact) mass is 311 g/mol. The lowest BCUT2D eigenvalue weighted by Crippen LogP contribution is -2.29. The topological polar surface area (TPSA) is 68.5 Å². The number of benzene rings is 1. The van der Waals surface area contributed by atoms with Gasteiger partial charge in [-0.15, -0.1) is 0 Å². The molecule has 120 valence electrons. The van der Waals surface area contributed by atoms with Gasteiger partial charge in [0, 0.05) is 24.8 Å². The second kappa shape index (κ2) is 7.24. The van der Waals surface area contributed by atoms with E-state index >= 15 is 0 Å². The lowest BCUT2D eigenvalue weighted by molar-refractivity contribution is 0.0787. The molecule has 1 aromatic heterocycles. The average molecular weight is 311 g/mol. The average Bonchev–Trinajstić information content (AvgIpc) is 3.10. The minimum atomic E-state index is 0.0669. The Bertz CT molecular complexity index is 643. The largest absolute Gasteiger partial charge is 0.487 e. The van der Waals surface area contributed by atoms with Crippen LogP contribution in [0.25, 0.3) is 0 Å². The van der Waals surface area contributed by atoms with Crippen LogP contribution >= 0.6 is 0 Å². The number of nitrogens with two attached hydrogens (primary N) is 1. The van der Waals surface area contributed by atoms with Crippen LogP contribution in [0.4, 0.5) is 0 Å². The van der Waals surface area contributed by atoms with E-state index in [1.165, 1.54) is 0 Å². The highest BCUT2D eigenvalue weighted by atomic mass is 16.5. The fourth-order valence-electron chi connectivity index (χ4n) is 2.73. The number of carbonyl (C=O) groups is 1. The molecule has 23 heavy (non-hydrogen) atoms.